The summed E-state index contributed by atoms with van der Waals surface area (Å²) >= 11 is 0. The number of non-ortho nitro benzene ring substituents is 1. The maximum Gasteiger partial charge on any atom is 0.307 e. The molecular weight excluding hydrogens is 248 g/mol. The van der Waals surface area contributed by atoms with Gasteiger partial charge >= 0.3 is 5.97 Å². The highest BCUT2D eigenvalue weighted by Crippen LogP contribution is 2.27. The quantitative estimate of drug-likeness (QED) is 0.639. The number of nitrogens with one attached hydrogen (secondary N) is 1. The summed E-state index contributed by atoms with van der Waals surface area (Å²) in [4.78, 5) is 24.4. The summed E-state index contributed by atoms with van der Waals surface area (Å²) in [6.07, 6.45) is 1.48. The second kappa shape index (κ2) is 5.09. The molecule has 0 radical (unpaired) electrons. The predicted octanol–water partition coefficient (Wildman–Crippen LogP) is 2.66. The number of aliphatic carboxylic acids is 1. The molecule has 0 unspecified atom stereocenters. The fourth-order valence-corrected chi connectivity index (χ4v) is 2.22. The number of nitro groups is 1. The van der Waals surface area contributed by atoms with E-state index in [4.69, 9.17) is 5.11 Å². The van der Waals surface area contributed by atoms with Crippen molar-refractivity contribution in [3.63, 3.8) is 0 Å². The Hall–Kier alpha value is -2.37. The van der Waals surface area contributed by atoms with E-state index in [0.717, 1.165) is 24.1 Å². The third-order valence-electron chi connectivity index (χ3n) is 3.02. The van der Waals surface area contributed by atoms with Gasteiger partial charge in [-0.1, -0.05) is 13.3 Å². The molecule has 0 saturated heterocycles. The Kier molecular flexibility index (Phi) is 3.50. The van der Waals surface area contributed by atoms with Gasteiger partial charge in [-0.2, -0.15) is 0 Å². The zero-order valence-electron chi connectivity index (χ0n) is 10.5. The summed E-state index contributed by atoms with van der Waals surface area (Å²) in [6, 6.07) is 4.47. The lowest BCUT2D eigenvalue weighted by Gasteiger charge is -2.00. The van der Waals surface area contributed by atoms with Crippen molar-refractivity contribution in [3.8, 4) is 0 Å². The third-order valence-corrected chi connectivity index (χ3v) is 3.02. The van der Waals surface area contributed by atoms with E-state index >= 15 is 0 Å². The molecule has 1 heterocycles. The minimum absolute atomic E-state index is 0.0267. The topological polar surface area (TPSA) is 96.2 Å². The van der Waals surface area contributed by atoms with Gasteiger partial charge in [0.2, 0.25) is 0 Å². The Labute approximate surface area is 109 Å². The van der Waals surface area contributed by atoms with Crippen LogP contribution in [0, 0.1) is 10.1 Å². The van der Waals surface area contributed by atoms with Gasteiger partial charge in [0, 0.05) is 28.7 Å². The fourth-order valence-electron chi connectivity index (χ4n) is 2.22. The summed E-state index contributed by atoms with van der Waals surface area (Å²) < 4.78 is 0. The second-order valence-electron chi connectivity index (χ2n) is 4.39. The number of aromatic amines is 1. The highest BCUT2D eigenvalue weighted by molar-refractivity contribution is 5.90. The monoisotopic (exact) mass is 262 g/mol. The van der Waals surface area contributed by atoms with Crippen molar-refractivity contribution >= 4 is 22.6 Å². The molecule has 0 aliphatic carbocycles. The first-order chi connectivity index (χ1) is 9.02. The Morgan fingerprint density at radius 2 is 2.21 bits per heavy atom. The number of carboxylic acid groups (broad SMARTS) is 1. The van der Waals surface area contributed by atoms with Crippen LogP contribution in [0.1, 0.15) is 24.6 Å². The van der Waals surface area contributed by atoms with Gasteiger partial charge in [0.15, 0.2) is 0 Å². The van der Waals surface area contributed by atoms with Crippen molar-refractivity contribution in [1.29, 1.82) is 0 Å². The minimum atomic E-state index is -0.940. The molecule has 6 nitrogen and oxygen atoms in total. The number of nitro benzene ring substituents is 1. The van der Waals surface area contributed by atoms with Gasteiger partial charge in [-0.3, -0.25) is 14.9 Å². The standard InChI is InChI=1S/C13H14N2O4/c1-2-3-11-10(7-13(16)17)9-6-8(15(18)19)4-5-12(9)14-11/h4-6,14H,2-3,7H2,1H3,(H,16,17). The number of hydrogen-bond acceptors (Lipinski definition) is 3. The van der Waals surface area contributed by atoms with E-state index in [1.165, 1.54) is 12.1 Å². The lowest BCUT2D eigenvalue weighted by atomic mass is 10.0. The van der Waals surface area contributed by atoms with Gasteiger partial charge < -0.3 is 10.1 Å². The molecule has 1 aromatic heterocycles. The second-order valence-corrected chi connectivity index (χ2v) is 4.39. The van der Waals surface area contributed by atoms with Crippen LogP contribution >= 0.6 is 0 Å². The van der Waals surface area contributed by atoms with Crippen molar-refractivity contribution in [2.45, 2.75) is 26.2 Å². The van der Waals surface area contributed by atoms with E-state index in [9.17, 15) is 14.9 Å². The van der Waals surface area contributed by atoms with Crippen molar-refractivity contribution in [1.82, 2.24) is 4.98 Å². The zero-order valence-corrected chi connectivity index (χ0v) is 10.5. The lowest BCUT2D eigenvalue weighted by Crippen LogP contribution is -2.02. The number of carbonyl (C=O) groups is 1. The van der Waals surface area contributed by atoms with E-state index in [0.29, 0.717) is 10.9 Å². The molecule has 0 spiro atoms. The molecule has 2 N–H and O–H groups in total. The Morgan fingerprint density at radius 1 is 1.47 bits per heavy atom. The van der Waals surface area contributed by atoms with Gasteiger partial charge in [0.05, 0.1) is 11.3 Å². The molecule has 0 aliphatic rings. The molecule has 100 valence electrons. The van der Waals surface area contributed by atoms with Crippen LogP contribution in [0.25, 0.3) is 10.9 Å². The van der Waals surface area contributed by atoms with Gasteiger partial charge in [-0.15, -0.1) is 0 Å². The average Bonchev–Trinajstić information content (AvgIpc) is 2.67. The first kappa shape index (κ1) is 13.1. The van der Waals surface area contributed by atoms with Crippen molar-refractivity contribution in [2.24, 2.45) is 0 Å². The first-order valence-corrected chi connectivity index (χ1v) is 6.02. The summed E-state index contributed by atoms with van der Waals surface area (Å²) in [5, 5.41) is 20.4. The molecule has 0 atom stereocenters. The predicted molar refractivity (Wildman–Crippen MR) is 70.3 cm³/mol. The number of H-pyrrole nitrogens is 1. The van der Waals surface area contributed by atoms with Crippen molar-refractivity contribution in [2.75, 3.05) is 0 Å². The van der Waals surface area contributed by atoms with E-state index < -0.39 is 10.9 Å². The maximum absolute atomic E-state index is 10.9. The number of rotatable bonds is 5. The molecular formula is C13H14N2O4. The maximum atomic E-state index is 10.9. The van der Waals surface area contributed by atoms with Crippen LogP contribution in [-0.4, -0.2) is 21.0 Å². The number of benzene rings is 1. The molecule has 0 bridgehead atoms. The molecule has 1 aromatic carbocycles. The van der Waals surface area contributed by atoms with Gasteiger partial charge in [-0.05, 0) is 18.1 Å². The van der Waals surface area contributed by atoms with E-state index in [2.05, 4.69) is 4.98 Å². The molecule has 2 aromatic rings. The summed E-state index contributed by atoms with van der Waals surface area (Å²) in [5.74, 6) is -0.940. The largest absolute Gasteiger partial charge is 0.481 e. The molecule has 0 fully saturated rings. The SMILES string of the molecule is CCCc1[nH]c2ccc([N+](=O)[O-])cc2c1CC(=O)O. The number of hydrogen-bond donors (Lipinski definition) is 2. The van der Waals surface area contributed by atoms with E-state index in [-0.39, 0.29) is 12.1 Å². The molecule has 2 rings (SSSR count). The van der Waals surface area contributed by atoms with Gasteiger partial charge in [0.1, 0.15) is 0 Å². The van der Waals surface area contributed by atoms with E-state index in [1.807, 2.05) is 6.92 Å². The summed E-state index contributed by atoms with van der Waals surface area (Å²) in [5.41, 5.74) is 2.21. The number of aromatic nitrogens is 1. The van der Waals surface area contributed by atoms with Crippen LogP contribution in [0.15, 0.2) is 18.2 Å². The lowest BCUT2D eigenvalue weighted by molar-refractivity contribution is -0.384. The van der Waals surface area contributed by atoms with Crippen molar-refractivity contribution in [3.05, 3.63) is 39.6 Å². The third kappa shape index (κ3) is 2.57. The Balaban J connectivity index is 2.62. The van der Waals surface area contributed by atoms with Crippen LogP contribution < -0.4 is 0 Å². The van der Waals surface area contributed by atoms with Crippen LogP contribution in [0.4, 0.5) is 5.69 Å². The normalized spacial score (nSPS) is 10.8. The molecule has 6 heteroatoms. The van der Waals surface area contributed by atoms with Crippen LogP contribution in [0.3, 0.4) is 0 Å². The number of nitrogens with zero attached hydrogens (tertiary/aromatic N) is 1. The zero-order chi connectivity index (χ0) is 14.0. The average molecular weight is 262 g/mol. The Bertz CT molecular complexity index is 645. The number of carboxylic acids is 1. The number of aryl methyl sites for hydroxylation is 1. The fraction of sp³-hybridized carbons (Fsp3) is 0.308. The first-order valence-electron chi connectivity index (χ1n) is 6.02. The molecule has 0 amide bonds. The molecule has 19 heavy (non-hydrogen) atoms. The van der Waals surface area contributed by atoms with Crippen LogP contribution in [-0.2, 0) is 17.6 Å². The number of fused-ring (bicyclic) bond motifs is 1. The molecule has 0 saturated carbocycles. The minimum Gasteiger partial charge on any atom is -0.481 e. The highest BCUT2D eigenvalue weighted by Gasteiger charge is 2.16. The van der Waals surface area contributed by atoms with Gasteiger partial charge in [-0.25, -0.2) is 0 Å². The van der Waals surface area contributed by atoms with E-state index in [1.54, 1.807) is 6.07 Å². The van der Waals surface area contributed by atoms with Crippen LogP contribution in [0.5, 0.6) is 0 Å². The molecule has 0 aliphatic heterocycles. The van der Waals surface area contributed by atoms with Gasteiger partial charge in [0.25, 0.3) is 5.69 Å². The summed E-state index contributed by atoms with van der Waals surface area (Å²) in [7, 11) is 0. The smallest absolute Gasteiger partial charge is 0.307 e. The highest BCUT2D eigenvalue weighted by atomic mass is 16.6. The van der Waals surface area contributed by atoms with Crippen molar-refractivity contribution < 1.29 is 14.8 Å². The van der Waals surface area contributed by atoms with Crippen LogP contribution in [0.2, 0.25) is 0 Å². The Morgan fingerprint density at radius 3 is 2.79 bits per heavy atom. The summed E-state index contributed by atoms with van der Waals surface area (Å²) in [6.45, 7) is 2.00.